The van der Waals surface area contributed by atoms with E-state index < -0.39 is 0 Å². The summed E-state index contributed by atoms with van der Waals surface area (Å²) in [5.74, 6) is 0.938. The smallest absolute Gasteiger partial charge is 0.120 e. The third kappa shape index (κ3) is 4.01. The second-order valence-corrected chi connectivity index (χ2v) is 6.18. The Morgan fingerprint density at radius 2 is 2.10 bits per heavy atom. The van der Waals surface area contributed by atoms with Crippen molar-refractivity contribution >= 4 is 10.9 Å². The number of ether oxygens (including phenoxy) is 1. The monoisotopic (exact) mass is 284 g/mol. The van der Waals surface area contributed by atoms with Gasteiger partial charge in [-0.1, -0.05) is 6.92 Å². The number of aryl methyl sites for hydroxylation is 1. The molecular weight excluding hydrogens is 260 g/mol. The highest BCUT2D eigenvalue weighted by molar-refractivity contribution is 5.81. The van der Waals surface area contributed by atoms with Crippen LogP contribution in [0.15, 0.2) is 30.5 Å². The van der Waals surface area contributed by atoms with Crippen molar-refractivity contribution in [2.45, 2.75) is 46.6 Å². The zero-order chi connectivity index (χ0) is 15.3. The molecule has 0 aliphatic rings. The maximum Gasteiger partial charge on any atom is 0.120 e. The minimum absolute atomic E-state index is 0.232. The van der Waals surface area contributed by atoms with E-state index in [2.05, 4.69) is 42.0 Å². The molecule has 0 saturated heterocycles. The number of fused-ring (bicyclic) bond motifs is 1. The van der Waals surface area contributed by atoms with Gasteiger partial charge in [0.05, 0.1) is 18.1 Å². The molecule has 0 fully saturated rings. The summed E-state index contributed by atoms with van der Waals surface area (Å²) in [4.78, 5) is 0. The van der Waals surface area contributed by atoms with Crippen molar-refractivity contribution in [3.8, 4) is 11.8 Å². The molecule has 0 unspecified atom stereocenters. The summed E-state index contributed by atoms with van der Waals surface area (Å²) in [6.07, 6.45) is 5.07. The van der Waals surface area contributed by atoms with Crippen LogP contribution in [0.25, 0.3) is 10.9 Å². The van der Waals surface area contributed by atoms with E-state index >= 15 is 0 Å². The van der Waals surface area contributed by atoms with Gasteiger partial charge in [-0.05, 0) is 57.4 Å². The summed E-state index contributed by atoms with van der Waals surface area (Å²) in [6, 6.07) is 10.7. The fourth-order valence-electron chi connectivity index (χ4n) is 2.43. The lowest BCUT2D eigenvalue weighted by atomic mass is 9.90. The summed E-state index contributed by atoms with van der Waals surface area (Å²) in [6.45, 7) is 7.81. The molecule has 0 amide bonds. The third-order valence-corrected chi connectivity index (χ3v) is 3.72. The number of nitriles is 1. The lowest BCUT2D eigenvalue weighted by Crippen LogP contribution is -2.09. The van der Waals surface area contributed by atoms with Crippen LogP contribution in [-0.4, -0.2) is 11.2 Å². The van der Waals surface area contributed by atoms with Gasteiger partial charge in [-0.3, -0.25) is 0 Å². The van der Waals surface area contributed by atoms with Gasteiger partial charge in [0, 0.05) is 23.6 Å². The van der Waals surface area contributed by atoms with Crippen LogP contribution in [0.4, 0.5) is 0 Å². The molecule has 0 spiro atoms. The molecule has 21 heavy (non-hydrogen) atoms. The van der Waals surface area contributed by atoms with Crippen molar-refractivity contribution in [1.82, 2.24) is 4.57 Å². The van der Waals surface area contributed by atoms with Crippen LogP contribution < -0.4 is 4.74 Å². The quantitative estimate of drug-likeness (QED) is 0.735. The molecule has 3 nitrogen and oxygen atoms in total. The van der Waals surface area contributed by atoms with E-state index in [1.165, 1.54) is 10.9 Å². The molecule has 0 N–H and O–H groups in total. The van der Waals surface area contributed by atoms with Crippen molar-refractivity contribution in [3.05, 3.63) is 30.5 Å². The zero-order valence-electron chi connectivity index (χ0n) is 13.2. The molecular formula is C18H24N2O. The van der Waals surface area contributed by atoms with E-state index in [1.807, 2.05) is 19.9 Å². The Morgan fingerprint density at radius 3 is 2.81 bits per heavy atom. The molecule has 0 bridgehead atoms. The van der Waals surface area contributed by atoms with E-state index in [4.69, 9.17) is 10.00 Å². The lowest BCUT2D eigenvalue weighted by Gasteiger charge is -2.15. The first-order chi connectivity index (χ1) is 10.1. The molecule has 112 valence electrons. The van der Waals surface area contributed by atoms with Crippen LogP contribution in [-0.2, 0) is 6.54 Å². The molecule has 3 heteroatoms. The first-order valence-corrected chi connectivity index (χ1v) is 7.69. The van der Waals surface area contributed by atoms with Crippen LogP contribution >= 0.6 is 0 Å². The maximum atomic E-state index is 9.05. The standard InChI is InChI=1S/C18H24N2O/c1-4-12-21-16-6-7-17-15(13-16)8-11-20(17)10-5-9-18(2,3)14-19/h6-8,11,13H,4-5,9-10,12H2,1-3H3. The fraction of sp³-hybridized carbons (Fsp3) is 0.500. The average molecular weight is 284 g/mol. The predicted molar refractivity (Wildman–Crippen MR) is 86.4 cm³/mol. The Morgan fingerprint density at radius 1 is 1.29 bits per heavy atom. The molecule has 1 aromatic heterocycles. The minimum Gasteiger partial charge on any atom is -0.494 e. The summed E-state index contributed by atoms with van der Waals surface area (Å²) in [5, 5.41) is 10.3. The molecule has 0 saturated carbocycles. The van der Waals surface area contributed by atoms with Gasteiger partial charge < -0.3 is 9.30 Å². The topological polar surface area (TPSA) is 38.0 Å². The van der Waals surface area contributed by atoms with Gasteiger partial charge >= 0.3 is 0 Å². The maximum absolute atomic E-state index is 9.05. The van der Waals surface area contributed by atoms with Crippen molar-refractivity contribution in [2.75, 3.05) is 6.61 Å². The summed E-state index contributed by atoms with van der Waals surface area (Å²) < 4.78 is 7.92. The van der Waals surface area contributed by atoms with Crippen molar-refractivity contribution in [3.63, 3.8) is 0 Å². The highest BCUT2D eigenvalue weighted by Gasteiger charge is 2.15. The number of aromatic nitrogens is 1. The van der Waals surface area contributed by atoms with E-state index in [-0.39, 0.29) is 5.41 Å². The highest BCUT2D eigenvalue weighted by atomic mass is 16.5. The molecule has 0 radical (unpaired) electrons. The van der Waals surface area contributed by atoms with Gasteiger partial charge in [0.2, 0.25) is 0 Å². The van der Waals surface area contributed by atoms with E-state index in [9.17, 15) is 0 Å². The van der Waals surface area contributed by atoms with Crippen molar-refractivity contribution in [1.29, 1.82) is 5.26 Å². The summed E-state index contributed by atoms with van der Waals surface area (Å²) in [7, 11) is 0. The van der Waals surface area contributed by atoms with Crippen LogP contribution in [0, 0.1) is 16.7 Å². The van der Waals surface area contributed by atoms with Crippen molar-refractivity contribution < 1.29 is 4.74 Å². The van der Waals surface area contributed by atoms with Crippen LogP contribution in [0.1, 0.15) is 40.0 Å². The highest BCUT2D eigenvalue weighted by Crippen LogP contribution is 2.25. The van der Waals surface area contributed by atoms with Gasteiger partial charge in [0.1, 0.15) is 5.75 Å². The van der Waals surface area contributed by atoms with Gasteiger partial charge in [-0.15, -0.1) is 0 Å². The van der Waals surface area contributed by atoms with Crippen LogP contribution in [0.2, 0.25) is 0 Å². The Labute approximate surface area is 127 Å². The number of benzene rings is 1. The van der Waals surface area contributed by atoms with E-state index in [0.717, 1.165) is 38.2 Å². The van der Waals surface area contributed by atoms with Gasteiger partial charge in [-0.25, -0.2) is 0 Å². The Hall–Kier alpha value is -1.95. The first-order valence-electron chi connectivity index (χ1n) is 7.69. The van der Waals surface area contributed by atoms with Crippen molar-refractivity contribution in [2.24, 2.45) is 5.41 Å². The fourth-order valence-corrected chi connectivity index (χ4v) is 2.43. The van der Waals surface area contributed by atoms with Crippen LogP contribution in [0.5, 0.6) is 5.75 Å². The minimum atomic E-state index is -0.232. The van der Waals surface area contributed by atoms with E-state index in [0.29, 0.717) is 0 Å². The molecule has 1 heterocycles. The summed E-state index contributed by atoms with van der Waals surface area (Å²) >= 11 is 0. The molecule has 2 rings (SSSR count). The molecule has 1 aromatic carbocycles. The van der Waals surface area contributed by atoms with E-state index in [1.54, 1.807) is 0 Å². The van der Waals surface area contributed by atoms with Crippen LogP contribution in [0.3, 0.4) is 0 Å². The predicted octanol–water partition coefficient (Wildman–Crippen LogP) is 4.76. The van der Waals surface area contributed by atoms with Gasteiger partial charge in [-0.2, -0.15) is 5.26 Å². The normalized spacial score (nSPS) is 11.5. The van der Waals surface area contributed by atoms with Gasteiger partial charge in [0.15, 0.2) is 0 Å². The first kappa shape index (κ1) is 15.4. The Kier molecular flexibility index (Phi) is 4.90. The number of nitrogens with zero attached hydrogens (tertiary/aromatic N) is 2. The second kappa shape index (κ2) is 6.67. The third-order valence-electron chi connectivity index (χ3n) is 3.72. The Balaban J connectivity index is 2.03. The Bertz CT molecular complexity index is 634. The molecule has 2 aromatic rings. The number of hydrogen-bond donors (Lipinski definition) is 0. The molecule has 0 aliphatic carbocycles. The molecule has 0 aliphatic heterocycles. The summed E-state index contributed by atoms with van der Waals surface area (Å²) in [5.41, 5.74) is 0.998. The SMILES string of the molecule is CCCOc1ccc2c(ccn2CCCC(C)(C)C#N)c1. The van der Waals surface area contributed by atoms with Gasteiger partial charge in [0.25, 0.3) is 0 Å². The lowest BCUT2D eigenvalue weighted by molar-refractivity contribution is 0.318. The number of rotatable bonds is 7. The number of hydrogen-bond acceptors (Lipinski definition) is 2. The zero-order valence-corrected chi connectivity index (χ0v) is 13.2. The average Bonchev–Trinajstić information content (AvgIpc) is 2.87. The molecule has 0 atom stereocenters. The second-order valence-electron chi connectivity index (χ2n) is 6.18. The largest absolute Gasteiger partial charge is 0.494 e.